The van der Waals surface area contributed by atoms with Crippen LogP contribution in [0.5, 0.6) is 0 Å². The highest BCUT2D eigenvalue weighted by molar-refractivity contribution is 7.86. The molecule has 0 radical (unpaired) electrons. The highest BCUT2D eigenvalue weighted by Crippen LogP contribution is 2.31. The van der Waals surface area contributed by atoms with E-state index in [9.17, 15) is 9.00 Å². The molecule has 0 saturated carbocycles. The molecule has 2 heterocycles. The van der Waals surface area contributed by atoms with Crippen LogP contribution in [0.3, 0.4) is 0 Å². The maximum Gasteiger partial charge on any atom is 0.255 e. The van der Waals surface area contributed by atoms with Crippen molar-refractivity contribution < 1.29 is 9.00 Å². The average molecular weight is 446 g/mol. The van der Waals surface area contributed by atoms with Gasteiger partial charge in [0, 0.05) is 46.0 Å². The van der Waals surface area contributed by atoms with Crippen molar-refractivity contribution in [2.45, 2.75) is 6.42 Å². The molecule has 1 aliphatic rings. The summed E-state index contributed by atoms with van der Waals surface area (Å²) >= 11 is 12.3. The summed E-state index contributed by atoms with van der Waals surface area (Å²) in [6.45, 7) is 0.767. The Bertz CT molecular complexity index is 1090. The summed E-state index contributed by atoms with van der Waals surface area (Å²) in [6, 6.07) is 15.7. The lowest BCUT2D eigenvalue weighted by Gasteiger charge is -2.16. The molecule has 1 aromatic heterocycles. The zero-order valence-corrected chi connectivity index (χ0v) is 17.6. The molecule has 5 nitrogen and oxygen atoms in total. The number of benzene rings is 2. The zero-order valence-electron chi connectivity index (χ0n) is 15.3. The molecule has 1 unspecified atom stereocenters. The number of rotatable bonds is 4. The van der Waals surface area contributed by atoms with Crippen molar-refractivity contribution in [3.8, 4) is 11.3 Å². The molecule has 1 amide bonds. The fourth-order valence-electron chi connectivity index (χ4n) is 3.12. The molecule has 148 valence electrons. The Hall–Kier alpha value is -2.41. The van der Waals surface area contributed by atoms with Crippen molar-refractivity contribution >= 4 is 51.5 Å². The van der Waals surface area contributed by atoms with Gasteiger partial charge >= 0.3 is 0 Å². The Morgan fingerprint density at radius 3 is 2.55 bits per heavy atom. The Balaban J connectivity index is 1.52. The highest BCUT2D eigenvalue weighted by Gasteiger charge is 2.20. The van der Waals surface area contributed by atoms with Gasteiger partial charge in [0.25, 0.3) is 5.91 Å². The summed E-state index contributed by atoms with van der Waals surface area (Å²) < 4.78 is 13.8. The van der Waals surface area contributed by atoms with Crippen LogP contribution in [-0.2, 0) is 11.0 Å². The highest BCUT2D eigenvalue weighted by atomic mass is 35.5. The van der Waals surface area contributed by atoms with E-state index in [-0.39, 0.29) is 5.91 Å². The minimum Gasteiger partial charge on any atom is -0.322 e. The lowest BCUT2D eigenvalue weighted by molar-refractivity contribution is 0.102. The molecule has 8 heteroatoms. The van der Waals surface area contributed by atoms with Crippen LogP contribution < -0.4 is 9.62 Å². The molecular formula is C21H17Cl2N3O2S. The van der Waals surface area contributed by atoms with E-state index < -0.39 is 11.0 Å². The van der Waals surface area contributed by atoms with Crippen molar-refractivity contribution in [2.75, 3.05) is 21.9 Å². The first-order valence-electron chi connectivity index (χ1n) is 9.00. The number of hydrogen-bond donors (Lipinski definition) is 1. The Morgan fingerprint density at radius 1 is 1.07 bits per heavy atom. The van der Waals surface area contributed by atoms with Gasteiger partial charge in [-0.1, -0.05) is 23.2 Å². The fourth-order valence-corrected chi connectivity index (χ4v) is 4.78. The standard InChI is InChI=1S/C21H17Cl2N3O2S/c22-15-8-9-24-20(12-15)18-13-16(4-7-19(18)23)25-21(27)14-2-5-17(6-3-14)26-10-1-11-29(26)28/h2-9,12-13H,1,10-11H2,(H,25,27). The normalized spacial score (nSPS) is 16.1. The van der Waals surface area contributed by atoms with Crippen LogP contribution in [0.4, 0.5) is 11.4 Å². The lowest BCUT2D eigenvalue weighted by Crippen LogP contribution is -2.19. The van der Waals surface area contributed by atoms with Crippen LogP contribution in [0, 0.1) is 0 Å². The van der Waals surface area contributed by atoms with Crippen molar-refractivity contribution in [3.63, 3.8) is 0 Å². The van der Waals surface area contributed by atoms with Gasteiger partial charge in [0.1, 0.15) is 11.0 Å². The number of nitrogens with one attached hydrogen (secondary N) is 1. The Labute approximate surface area is 181 Å². The van der Waals surface area contributed by atoms with E-state index in [1.165, 1.54) is 0 Å². The van der Waals surface area contributed by atoms with Crippen LogP contribution in [0.1, 0.15) is 16.8 Å². The van der Waals surface area contributed by atoms with Gasteiger partial charge in [-0.15, -0.1) is 0 Å². The molecule has 0 spiro atoms. The summed E-state index contributed by atoms with van der Waals surface area (Å²) in [5.74, 6) is 0.439. The van der Waals surface area contributed by atoms with Gasteiger partial charge in [-0.25, -0.2) is 4.21 Å². The summed E-state index contributed by atoms with van der Waals surface area (Å²) in [6.07, 6.45) is 2.52. The molecule has 29 heavy (non-hydrogen) atoms. The van der Waals surface area contributed by atoms with E-state index in [1.54, 1.807) is 48.7 Å². The SMILES string of the molecule is O=C(Nc1ccc(Cl)c(-c2cc(Cl)ccn2)c1)c1ccc(N2CCCS2=O)cc1. The predicted molar refractivity (Wildman–Crippen MR) is 119 cm³/mol. The van der Waals surface area contributed by atoms with Crippen LogP contribution in [0.25, 0.3) is 11.3 Å². The molecular weight excluding hydrogens is 429 g/mol. The van der Waals surface area contributed by atoms with Gasteiger partial charge < -0.3 is 5.32 Å². The third-order valence-corrected chi connectivity index (χ3v) is 6.65. The topological polar surface area (TPSA) is 62.3 Å². The van der Waals surface area contributed by atoms with E-state index in [4.69, 9.17) is 23.2 Å². The van der Waals surface area contributed by atoms with Gasteiger partial charge in [-0.05, 0) is 61.0 Å². The number of anilines is 2. The Morgan fingerprint density at radius 2 is 1.86 bits per heavy atom. The minimum atomic E-state index is -0.980. The zero-order chi connectivity index (χ0) is 20.4. The first-order chi connectivity index (χ1) is 14.0. The summed E-state index contributed by atoms with van der Waals surface area (Å²) in [5.41, 5.74) is 3.27. The van der Waals surface area contributed by atoms with Crippen molar-refractivity contribution in [1.29, 1.82) is 0 Å². The molecule has 1 aliphatic heterocycles. The number of hydrogen-bond acceptors (Lipinski definition) is 3. The number of halogens is 2. The molecule has 4 rings (SSSR count). The van der Waals surface area contributed by atoms with Gasteiger partial charge in [0.05, 0.1) is 10.7 Å². The predicted octanol–water partition coefficient (Wildman–Crippen LogP) is 5.18. The number of amides is 1. The Kier molecular flexibility index (Phi) is 5.85. The number of pyridine rings is 1. The molecule has 1 N–H and O–H groups in total. The number of nitrogens with zero attached hydrogens (tertiary/aromatic N) is 2. The smallest absolute Gasteiger partial charge is 0.255 e. The second-order valence-electron chi connectivity index (χ2n) is 6.54. The molecule has 1 atom stereocenters. The molecule has 1 saturated heterocycles. The molecule has 2 aromatic carbocycles. The quantitative estimate of drug-likeness (QED) is 0.601. The lowest BCUT2D eigenvalue weighted by atomic mass is 10.1. The fraction of sp³-hybridized carbons (Fsp3) is 0.143. The second kappa shape index (κ2) is 8.53. The monoisotopic (exact) mass is 445 g/mol. The van der Waals surface area contributed by atoms with Crippen molar-refractivity contribution in [1.82, 2.24) is 4.98 Å². The number of carbonyl (C=O) groups is 1. The third kappa shape index (κ3) is 4.45. The van der Waals surface area contributed by atoms with E-state index in [0.717, 1.165) is 18.7 Å². The van der Waals surface area contributed by atoms with Gasteiger partial charge in [0.15, 0.2) is 0 Å². The first-order valence-corrected chi connectivity index (χ1v) is 11.0. The number of carbonyl (C=O) groups excluding carboxylic acids is 1. The largest absolute Gasteiger partial charge is 0.322 e. The van der Waals surface area contributed by atoms with Gasteiger partial charge in [-0.2, -0.15) is 0 Å². The molecule has 1 fully saturated rings. The van der Waals surface area contributed by atoms with E-state index in [2.05, 4.69) is 10.3 Å². The molecule has 0 bridgehead atoms. The maximum absolute atomic E-state index is 12.6. The average Bonchev–Trinajstić information content (AvgIpc) is 3.15. The number of aromatic nitrogens is 1. The summed E-state index contributed by atoms with van der Waals surface area (Å²) in [4.78, 5) is 16.9. The summed E-state index contributed by atoms with van der Waals surface area (Å²) in [7, 11) is -0.980. The van der Waals surface area contributed by atoms with Crippen molar-refractivity contribution in [2.24, 2.45) is 0 Å². The van der Waals surface area contributed by atoms with Crippen LogP contribution in [0.2, 0.25) is 10.0 Å². The van der Waals surface area contributed by atoms with E-state index in [1.807, 2.05) is 16.4 Å². The maximum atomic E-state index is 12.6. The van der Waals surface area contributed by atoms with Gasteiger partial charge in [0.2, 0.25) is 0 Å². The van der Waals surface area contributed by atoms with Gasteiger partial charge in [-0.3, -0.25) is 14.1 Å². The van der Waals surface area contributed by atoms with E-state index in [0.29, 0.717) is 38.3 Å². The van der Waals surface area contributed by atoms with E-state index >= 15 is 0 Å². The van der Waals surface area contributed by atoms with Crippen molar-refractivity contribution in [3.05, 3.63) is 76.4 Å². The molecule has 3 aromatic rings. The van der Waals surface area contributed by atoms with Crippen LogP contribution in [-0.4, -0.2) is 27.4 Å². The summed E-state index contributed by atoms with van der Waals surface area (Å²) in [5, 5.41) is 3.95. The second-order valence-corrected chi connectivity index (χ2v) is 8.87. The first kappa shape index (κ1) is 19.9. The molecule has 0 aliphatic carbocycles. The third-order valence-electron chi connectivity index (χ3n) is 4.57. The van der Waals surface area contributed by atoms with Crippen LogP contribution >= 0.6 is 23.2 Å². The minimum absolute atomic E-state index is 0.244. The van der Waals surface area contributed by atoms with Crippen LogP contribution in [0.15, 0.2) is 60.8 Å².